The fourth-order valence-corrected chi connectivity index (χ4v) is 2.63. The van der Waals surface area contributed by atoms with Gasteiger partial charge in [0.25, 0.3) is 0 Å². The number of anilines is 1. The molecule has 7 heteroatoms. The summed E-state index contributed by atoms with van der Waals surface area (Å²) >= 11 is 0. The number of amides is 3. The first-order valence-electron chi connectivity index (χ1n) is 7.46. The van der Waals surface area contributed by atoms with Gasteiger partial charge < -0.3 is 20.6 Å². The summed E-state index contributed by atoms with van der Waals surface area (Å²) in [5, 5.41) is 15.1. The fourth-order valence-electron chi connectivity index (χ4n) is 2.63. The van der Waals surface area contributed by atoms with Gasteiger partial charge in [-0.2, -0.15) is 0 Å². The van der Waals surface area contributed by atoms with Crippen LogP contribution in [0.3, 0.4) is 0 Å². The second-order valence-electron chi connectivity index (χ2n) is 5.67. The SMILES string of the molecule is CC(=O)Nc1ccc(CNC(=O)[C@H]2C[C@H](O)CN2C(C)=O)cc1. The Labute approximate surface area is 134 Å². The molecule has 7 nitrogen and oxygen atoms in total. The number of hydrogen-bond acceptors (Lipinski definition) is 4. The van der Waals surface area contributed by atoms with E-state index in [1.54, 1.807) is 24.3 Å². The third kappa shape index (κ3) is 4.53. The number of nitrogens with one attached hydrogen (secondary N) is 2. The Morgan fingerprint density at radius 2 is 1.87 bits per heavy atom. The number of aliphatic hydroxyl groups excluding tert-OH is 1. The largest absolute Gasteiger partial charge is 0.391 e. The van der Waals surface area contributed by atoms with Gasteiger partial charge in [-0.3, -0.25) is 14.4 Å². The summed E-state index contributed by atoms with van der Waals surface area (Å²) in [6, 6.07) is 6.49. The molecule has 124 valence electrons. The molecule has 2 atom stereocenters. The molecule has 1 saturated heterocycles. The van der Waals surface area contributed by atoms with Gasteiger partial charge in [0, 0.05) is 39.0 Å². The van der Waals surface area contributed by atoms with Crippen molar-refractivity contribution in [2.24, 2.45) is 0 Å². The highest BCUT2D eigenvalue weighted by molar-refractivity contribution is 5.89. The molecule has 0 bridgehead atoms. The molecule has 23 heavy (non-hydrogen) atoms. The van der Waals surface area contributed by atoms with Gasteiger partial charge in [-0.15, -0.1) is 0 Å². The van der Waals surface area contributed by atoms with Crippen molar-refractivity contribution in [2.75, 3.05) is 11.9 Å². The van der Waals surface area contributed by atoms with Crippen LogP contribution in [0, 0.1) is 0 Å². The van der Waals surface area contributed by atoms with Crippen molar-refractivity contribution in [1.29, 1.82) is 0 Å². The summed E-state index contributed by atoms with van der Waals surface area (Å²) in [4.78, 5) is 36.1. The number of hydrogen-bond donors (Lipinski definition) is 3. The number of aliphatic hydroxyl groups is 1. The lowest BCUT2D eigenvalue weighted by atomic mass is 10.1. The first-order chi connectivity index (χ1) is 10.9. The van der Waals surface area contributed by atoms with Crippen LogP contribution in [0.15, 0.2) is 24.3 Å². The van der Waals surface area contributed by atoms with Crippen LogP contribution in [0.4, 0.5) is 5.69 Å². The molecular formula is C16H21N3O4. The van der Waals surface area contributed by atoms with Crippen LogP contribution in [0.1, 0.15) is 25.8 Å². The number of carbonyl (C=O) groups is 3. The zero-order chi connectivity index (χ0) is 17.0. The molecule has 3 N–H and O–H groups in total. The maximum atomic E-state index is 12.2. The first kappa shape index (κ1) is 17.0. The molecule has 1 aromatic carbocycles. The lowest BCUT2D eigenvalue weighted by molar-refractivity contribution is -0.137. The van der Waals surface area contributed by atoms with E-state index in [9.17, 15) is 19.5 Å². The van der Waals surface area contributed by atoms with Gasteiger partial charge in [0.05, 0.1) is 6.10 Å². The van der Waals surface area contributed by atoms with E-state index in [-0.39, 0.29) is 30.7 Å². The second-order valence-corrected chi connectivity index (χ2v) is 5.67. The highest BCUT2D eigenvalue weighted by Gasteiger charge is 2.37. The molecule has 1 aliphatic heterocycles. The molecule has 3 amide bonds. The smallest absolute Gasteiger partial charge is 0.243 e. The molecular weight excluding hydrogens is 298 g/mol. The Morgan fingerprint density at radius 1 is 1.22 bits per heavy atom. The van der Waals surface area contributed by atoms with Gasteiger partial charge in [0.2, 0.25) is 17.7 Å². The molecule has 1 aliphatic rings. The minimum atomic E-state index is -0.661. The van der Waals surface area contributed by atoms with E-state index in [4.69, 9.17) is 0 Å². The molecule has 0 aliphatic carbocycles. The Morgan fingerprint density at radius 3 is 2.43 bits per heavy atom. The van der Waals surface area contributed by atoms with E-state index in [0.717, 1.165) is 5.56 Å². The zero-order valence-corrected chi connectivity index (χ0v) is 13.2. The van der Waals surface area contributed by atoms with Gasteiger partial charge in [0.15, 0.2) is 0 Å². The van der Waals surface area contributed by atoms with Gasteiger partial charge in [-0.25, -0.2) is 0 Å². The van der Waals surface area contributed by atoms with E-state index in [1.165, 1.54) is 18.7 Å². The normalized spacial score (nSPS) is 20.2. The van der Waals surface area contributed by atoms with E-state index in [2.05, 4.69) is 10.6 Å². The van der Waals surface area contributed by atoms with Crippen LogP contribution in [-0.2, 0) is 20.9 Å². The Hall–Kier alpha value is -2.41. The van der Waals surface area contributed by atoms with Crippen LogP contribution in [0.5, 0.6) is 0 Å². The quantitative estimate of drug-likeness (QED) is 0.740. The number of β-amino-alcohol motifs (C(OH)–C–C–N with tert-alkyl or cyclic N) is 1. The molecule has 1 fully saturated rings. The second kappa shape index (κ2) is 7.23. The molecule has 0 aromatic heterocycles. The molecule has 0 radical (unpaired) electrons. The van der Waals surface area contributed by atoms with Gasteiger partial charge >= 0.3 is 0 Å². The molecule has 0 unspecified atom stereocenters. The van der Waals surface area contributed by atoms with Crippen molar-refractivity contribution in [1.82, 2.24) is 10.2 Å². The summed E-state index contributed by atoms with van der Waals surface area (Å²) in [6.45, 7) is 3.33. The van der Waals surface area contributed by atoms with Gasteiger partial charge in [0.1, 0.15) is 6.04 Å². The van der Waals surface area contributed by atoms with Crippen molar-refractivity contribution in [3.63, 3.8) is 0 Å². The Balaban J connectivity index is 1.91. The lowest BCUT2D eigenvalue weighted by Gasteiger charge is -2.22. The van der Waals surface area contributed by atoms with Gasteiger partial charge in [-0.05, 0) is 17.7 Å². The molecule has 1 heterocycles. The van der Waals surface area contributed by atoms with Crippen LogP contribution < -0.4 is 10.6 Å². The third-order valence-corrected chi connectivity index (χ3v) is 3.73. The number of nitrogens with zero attached hydrogens (tertiary/aromatic N) is 1. The van der Waals surface area contributed by atoms with Gasteiger partial charge in [-0.1, -0.05) is 12.1 Å². The standard InChI is InChI=1S/C16H21N3O4/c1-10(20)18-13-5-3-12(4-6-13)8-17-16(23)15-7-14(22)9-19(15)11(2)21/h3-6,14-15,22H,7-9H2,1-2H3,(H,17,23)(H,18,20)/t14-,15+/m0/s1. The van der Waals surface area contributed by atoms with Crippen LogP contribution in [-0.4, -0.2) is 46.4 Å². The number of benzene rings is 1. The predicted octanol–water partition coefficient (Wildman–Crippen LogP) is 0.243. The average molecular weight is 319 g/mol. The van der Waals surface area contributed by atoms with E-state index in [1.807, 2.05) is 0 Å². The molecule has 0 spiro atoms. The Kier molecular flexibility index (Phi) is 5.33. The molecule has 1 aromatic rings. The molecule has 0 saturated carbocycles. The third-order valence-electron chi connectivity index (χ3n) is 3.73. The number of rotatable bonds is 4. The van der Waals surface area contributed by atoms with E-state index < -0.39 is 12.1 Å². The zero-order valence-electron chi connectivity index (χ0n) is 13.2. The predicted molar refractivity (Wildman–Crippen MR) is 84.4 cm³/mol. The van der Waals surface area contributed by atoms with Crippen molar-refractivity contribution in [3.8, 4) is 0 Å². The van der Waals surface area contributed by atoms with Crippen molar-refractivity contribution < 1.29 is 19.5 Å². The maximum Gasteiger partial charge on any atom is 0.243 e. The number of likely N-dealkylation sites (tertiary alicyclic amines) is 1. The topological polar surface area (TPSA) is 98.7 Å². The lowest BCUT2D eigenvalue weighted by Crippen LogP contribution is -2.44. The summed E-state index contributed by atoms with van der Waals surface area (Å²) < 4.78 is 0. The summed E-state index contributed by atoms with van der Waals surface area (Å²) in [6.07, 6.45) is -0.404. The minimum Gasteiger partial charge on any atom is -0.391 e. The monoisotopic (exact) mass is 319 g/mol. The van der Waals surface area contributed by atoms with E-state index in [0.29, 0.717) is 12.2 Å². The van der Waals surface area contributed by atoms with Crippen molar-refractivity contribution in [2.45, 2.75) is 39.0 Å². The van der Waals surface area contributed by atoms with Crippen LogP contribution in [0.2, 0.25) is 0 Å². The fraction of sp³-hybridized carbons (Fsp3) is 0.438. The first-order valence-corrected chi connectivity index (χ1v) is 7.46. The molecule has 2 rings (SSSR count). The summed E-state index contributed by atoms with van der Waals surface area (Å²) in [5.41, 5.74) is 1.56. The minimum absolute atomic E-state index is 0.143. The van der Waals surface area contributed by atoms with Crippen LogP contribution in [0.25, 0.3) is 0 Å². The maximum absolute atomic E-state index is 12.2. The summed E-state index contributed by atoms with van der Waals surface area (Å²) in [7, 11) is 0. The number of carbonyl (C=O) groups excluding carboxylic acids is 3. The summed E-state index contributed by atoms with van der Waals surface area (Å²) in [5.74, 6) is -0.640. The van der Waals surface area contributed by atoms with Crippen molar-refractivity contribution in [3.05, 3.63) is 29.8 Å². The van der Waals surface area contributed by atoms with Crippen molar-refractivity contribution >= 4 is 23.4 Å². The van der Waals surface area contributed by atoms with Crippen LogP contribution >= 0.6 is 0 Å². The highest BCUT2D eigenvalue weighted by atomic mass is 16.3. The van der Waals surface area contributed by atoms with E-state index >= 15 is 0 Å². The highest BCUT2D eigenvalue weighted by Crippen LogP contribution is 2.18. The average Bonchev–Trinajstić information content (AvgIpc) is 2.88. The Bertz CT molecular complexity index is 600.